The molecule has 7 heteroatoms. The van der Waals surface area contributed by atoms with Crippen molar-refractivity contribution in [1.29, 1.82) is 0 Å². The average molecular weight is 332 g/mol. The van der Waals surface area contributed by atoms with Gasteiger partial charge < -0.3 is 16.4 Å². The maximum absolute atomic E-state index is 11.8. The zero-order chi connectivity index (χ0) is 16.5. The van der Waals surface area contributed by atoms with Crippen molar-refractivity contribution in [1.82, 2.24) is 15.6 Å². The van der Waals surface area contributed by atoms with E-state index in [9.17, 15) is 9.59 Å². The lowest BCUT2D eigenvalue weighted by Crippen LogP contribution is -2.28. The van der Waals surface area contributed by atoms with Gasteiger partial charge in [0, 0.05) is 30.6 Å². The minimum atomic E-state index is -0.0635. The molecule has 2 rings (SSSR count). The molecule has 0 aliphatic rings. The molecule has 2 amide bonds. The predicted molar refractivity (Wildman–Crippen MR) is 90.8 cm³/mol. The van der Waals surface area contributed by atoms with Crippen molar-refractivity contribution < 1.29 is 9.59 Å². The normalized spacial score (nSPS) is 10.3. The van der Waals surface area contributed by atoms with Crippen LogP contribution in [-0.4, -0.2) is 30.4 Å². The first-order chi connectivity index (χ1) is 11.2. The summed E-state index contributed by atoms with van der Waals surface area (Å²) >= 11 is 1.52. The Morgan fingerprint density at radius 1 is 1.26 bits per heavy atom. The highest BCUT2D eigenvalue weighted by Gasteiger charge is 2.08. The summed E-state index contributed by atoms with van der Waals surface area (Å²) in [5.74, 6) is -0.0635. The number of thiazole rings is 1. The number of hydrogen-bond donors (Lipinski definition) is 3. The van der Waals surface area contributed by atoms with E-state index < -0.39 is 0 Å². The highest BCUT2D eigenvalue weighted by molar-refractivity contribution is 7.13. The number of rotatable bonds is 9. The van der Waals surface area contributed by atoms with Crippen molar-refractivity contribution in [2.75, 3.05) is 13.1 Å². The Bertz CT molecular complexity index is 640. The molecule has 0 bridgehead atoms. The molecule has 1 heterocycles. The van der Waals surface area contributed by atoms with Gasteiger partial charge in [0.2, 0.25) is 12.3 Å². The molecule has 2 aromatic rings. The van der Waals surface area contributed by atoms with E-state index in [1.165, 1.54) is 11.3 Å². The Balaban J connectivity index is 1.84. The van der Waals surface area contributed by atoms with Crippen LogP contribution in [-0.2, 0) is 22.6 Å². The molecule has 1 aromatic carbocycles. The van der Waals surface area contributed by atoms with Crippen molar-refractivity contribution in [3.05, 3.63) is 40.9 Å². The van der Waals surface area contributed by atoms with Crippen LogP contribution in [0.25, 0.3) is 10.6 Å². The molecule has 1 aromatic heterocycles. The number of carbonyl (C=O) groups is 2. The molecule has 0 aliphatic heterocycles. The van der Waals surface area contributed by atoms with Crippen LogP contribution in [0.15, 0.2) is 29.6 Å². The standard InChI is InChI=1S/C16H20N4O2S/c17-9-12-2-4-13(5-3-12)16-20-14(10-23-16)8-15(22)19-7-1-6-18-11-21/h2-5,10-11H,1,6-9,17H2,(H,18,21)(H,19,22). The van der Waals surface area contributed by atoms with Crippen LogP contribution in [0.5, 0.6) is 0 Å². The lowest BCUT2D eigenvalue weighted by atomic mass is 10.1. The Morgan fingerprint density at radius 3 is 2.74 bits per heavy atom. The second kappa shape index (κ2) is 9.02. The summed E-state index contributed by atoms with van der Waals surface area (Å²) in [4.78, 5) is 26.4. The number of hydrogen-bond acceptors (Lipinski definition) is 5. The first-order valence-electron chi connectivity index (χ1n) is 7.40. The molecular formula is C16H20N4O2S. The molecule has 0 spiro atoms. The molecule has 0 saturated heterocycles. The Morgan fingerprint density at radius 2 is 2.04 bits per heavy atom. The van der Waals surface area contributed by atoms with Crippen LogP contribution in [0.2, 0.25) is 0 Å². The van der Waals surface area contributed by atoms with Crippen LogP contribution in [0.3, 0.4) is 0 Å². The lowest BCUT2D eigenvalue weighted by molar-refractivity contribution is -0.120. The van der Waals surface area contributed by atoms with Crippen molar-refractivity contribution in [2.24, 2.45) is 5.73 Å². The first kappa shape index (κ1) is 17.1. The smallest absolute Gasteiger partial charge is 0.226 e. The monoisotopic (exact) mass is 332 g/mol. The van der Waals surface area contributed by atoms with Gasteiger partial charge in [0.1, 0.15) is 5.01 Å². The van der Waals surface area contributed by atoms with E-state index in [4.69, 9.17) is 5.73 Å². The number of nitrogens with two attached hydrogens (primary N) is 1. The topological polar surface area (TPSA) is 97.1 Å². The Kier molecular flexibility index (Phi) is 6.71. The summed E-state index contributed by atoms with van der Waals surface area (Å²) < 4.78 is 0. The number of carbonyl (C=O) groups excluding carboxylic acids is 2. The van der Waals surface area contributed by atoms with Gasteiger partial charge in [-0.25, -0.2) is 4.98 Å². The van der Waals surface area contributed by atoms with Crippen LogP contribution < -0.4 is 16.4 Å². The molecule has 122 valence electrons. The largest absolute Gasteiger partial charge is 0.359 e. The quantitative estimate of drug-likeness (QED) is 0.472. The van der Waals surface area contributed by atoms with E-state index >= 15 is 0 Å². The number of nitrogens with zero attached hydrogens (tertiary/aromatic N) is 1. The average Bonchev–Trinajstić information content (AvgIpc) is 3.03. The maximum Gasteiger partial charge on any atom is 0.226 e. The highest BCUT2D eigenvalue weighted by Crippen LogP contribution is 2.24. The molecule has 0 aliphatic carbocycles. The predicted octanol–water partition coefficient (Wildman–Crippen LogP) is 1.06. The van der Waals surface area contributed by atoms with Crippen molar-refractivity contribution in [3.63, 3.8) is 0 Å². The van der Waals surface area contributed by atoms with Gasteiger partial charge in [-0.3, -0.25) is 9.59 Å². The summed E-state index contributed by atoms with van der Waals surface area (Å²) in [6.45, 7) is 1.62. The second-order valence-corrected chi connectivity index (χ2v) is 5.86. The van der Waals surface area contributed by atoms with E-state index in [2.05, 4.69) is 15.6 Å². The molecule has 0 unspecified atom stereocenters. The summed E-state index contributed by atoms with van der Waals surface area (Å²) in [5.41, 5.74) is 8.45. The van der Waals surface area contributed by atoms with Gasteiger partial charge in [-0.2, -0.15) is 0 Å². The molecule has 4 N–H and O–H groups in total. The van der Waals surface area contributed by atoms with Gasteiger partial charge in [0.25, 0.3) is 0 Å². The van der Waals surface area contributed by atoms with E-state index in [1.54, 1.807) is 0 Å². The van der Waals surface area contributed by atoms with E-state index in [-0.39, 0.29) is 12.3 Å². The third-order valence-electron chi connectivity index (χ3n) is 3.23. The number of amides is 2. The van der Waals surface area contributed by atoms with Crippen LogP contribution >= 0.6 is 11.3 Å². The third-order valence-corrected chi connectivity index (χ3v) is 4.17. The molecule has 0 atom stereocenters. The van der Waals surface area contributed by atoms with Crippen molar-refractivity contribution >= 4 is 23.7 Å². The fourth-order valence-corrected chi connectivity index (χ4v) is 2.83. The molecule has 23 heavy (non-hydrogen) atoms. The van der Waals surface area contributed by atoms with E-state index in [1.807, 2.05) is 29.6 Å². The summed E-state index contributed by atoms with van der Waals surface area (Å²) in [5, 5.41) is 8.16. The van der Waals surface area contributed by atoms with E-state index in [0.717, 1.165) is 21.8 Å². The van der Waals surface area contributed by atoms with Gasteiger partial charge in [0.05, 0.1) is 12.1 Å². The van der Waals surface area contributed by atoms with Gasteiger partial charge in [-0.05, 0) is 12.0 Å². The highest BCUT2D eigenvalue weighted by atomic mass is 32.1. The van der Waals surface area contributed by atoms with Crippen LogP contribution in [0.4, 0.5) is 0 Å². The second-order valence-electron chi connectivity index (χ2n) is 5.00. The Hall–Kier alpha value is -2.25. The Labute approximate surface area is 139 Å². The van der Waals surface area contributed by atoms with Gasteiger partial charge in [-0.1, -0.05) is 24.3 Å². The maximum atomic E-state index is 11.8. The zero-order valence-electron chi connectivity index (χ0n) is 12.7. The summed E-state index contributed by atoms with van der Waals surface area (Å²) in [6, 6.07) is 7.95. The van der Waals surface area contributed by atoms with E-state index in [0.29, 0.717) is 32.5 Å². The minimum absolute atomic E-state index is 0.0635. The van der Waals surface area contributed by atoms with Gasteiger partial charge in [-0.15, -0.1) is 11.3 Å². The van der Waals surface area contributed by atoms with Crippen LogP contribution in [0, 0.1) is 0 Å². The van der Waals surface area contributed by atoms with Crippen LogP contribution in [0.1, 0.15) is 17.7 Å². The fourth-order valence-electron chi connectivity index (χ4n) is 2.01. The molecule has 0 saturated carbocycles. The number of nitrogens with one attached hydrogen (secondary N) is 2. The summed E-state index contributed by atoms with van der Waals surface area (Å²) in [7, 11) is 0. The van der Waals surface area contributed by atoms with Gasteiger partial charge >= 0.3 is 0 Å². The van der Waals surface area contributed by atoms with Crippen molar-refractivity contribution in [2.45, 2.75) is 19.4 Å². The van der Waals surface area contributed by atoms with Crippen molar-refractivity contribution in [3.8, 4) is 10.6 Å². The zero-order valence-corrected chi connectivity index (χ0v) is 13.6. The fraction of sp³-hybridized carbons (Fsp3) is 0.312. The molecule has 6 nitrogen and oxygen atoms in total. The first-order valence-corrected chi connectivity index (χ1v) is 8.28. The third kappa shape index (κ3) is 5.46. The molecule has 0 radical (unpaired) electrons. The molecular weight excluding hydrogens is 312 g/mol. The lowest BCUT2D eigenvalue weighted by Gasteiger charge is -2.03. The molecule has 0 fully saturated rings. The summed E-state index contributed by atoms with van der Waals surface area (Å²) in [6.07, 6.45) is 1.62. The van der Waals surface area contributed by atoms with Gasteiger partial charge in [0.15, 0.2) is 0 Å². The minimum Gasteiger partial charge on any atom is -0.359 e. The SMILES string of the molecule is NCc1ccc(-c2nc(CC(=O)NCCCNC=O)cs2)cc1. The number of benzene rings is 1. The number of aromatic nitrogens is 1.